The fraction of sp³-hybridized carbons (Fsp3) is 0.211. The number of nitrogens with zero attached hydrogens (tertiary/aromatic N) is 1. The Morgan fingerprint density at radius 1 is 0.957 bits per heavy atom. The number of anilines is 1. The maximum atomic E-state index is 6.74. The maximum Gasteiger partial charge on any atom is 0.136 e. The minimum Gasteiger partial charge on any atom is -0.365 e. The van der Waals surface area contributed by atoms with E-state index in [1.807, 2.05) is 48.5 Å². The van der Waals surface area contributed by atoms with Crippen LogP contribution < -0.4 is 5.32 Å². The van der Waals surface area contributed by atoms with Crippen molar-refractivity contribution in [3.63, 3.8) is 0 Å². The van der Waals surface area contributed by atoms with Gasteiger partial charge in [0.2, 0.25) is 0 Å². The number of nitrogens with one attached hydrogen (secondary N) is 1. The molecule has 0 amide bonds. The van der Waals surface area contributed by atoms with E-state index in [1.54, 1.807) is 0 Å². The third kappa shape index (κ3) is 3.44. The summed E-state index contributed by atoms with van der Waals surface area (Å²) in [6, 6.07) is 15.6. The van der Waals surface area contributed by atoms with Crippen LogP contribution in [0.25, 0.3) is 22.0 Å². The largest absolute Gasteiger partial charge is 0.365 e. The van der Waals surface area contributed by atoms with Crippen LogP contribution in [0.4, 0.5) is 5.82 Å². The Morgan fingerprint density at radius 2 is 1.70 bits per heavy atom. The van der Waals surface area contributed by atoms with Gasteiger partial charge in [-0.05, 0) is 44.5 Å². The number of halogens is 2. The number of hydrogen-bond donors (Lipinski definition) is 1. The summed E-state index contributed by atoms with van der Waals surface area (Å²) < 4.78 is 0. The zero-order valence-electron chi connectivity index (χ0n) is 13.3. The summed E-state index contributed by atoms with van der Waals surface area (Å²) in [5.41, 5.74) is 2.57. The molecule has 0 aliphatic carbocycles. The van der Waals surface area contributed by atoms with E-state index in [0.717, 1.165) is 27.8 Å². The van der Waals surface area contributed by atoms with Crippen molar-refractivity contribution in [3.05, 3.63) is 58.6 Å². The Labute approximate surface area is 146 Å². The van der Waals surface area contributed by atoms with Crippen molar-refractivity contribution >= 4 is 39.9 Å². The van der Waals surface area contributed by atoms with E-state index in [1.165, 1.54) is 0 Å². The van der Waals surface area contributed by atoms with Gasteiger partial charge in [0.05, 0.1) is 10.5 Å². The summed E-state index contributed by atoms with van der Waals surface area (Å²) in [4.78, 5) is 4.79. The van der Waals surface area contributed by atoms with Gasteiger partial charge in [-0.25, -0.2) is 4.98 Å². The fourth-order valence-electron chi connectivity index (χ4n) is 2.52. The van der Waals surface area contributed by atoms with Crippen molar-refractivity contribution < 1.29 is 0 Å². The average molecular weight is 345 g/mol. The van der Waals surface area contributed by atoms with Crippen LogP contribution in [-0.2, 0) is 0 Å². The van der Waals surface area contributed by atoms with Crippen LogP contribution in [0.5, 0.6) is 0 Å². The quantitative estimate of drug-likeness (QED) is 0.580. The Kier molecular flexibility index (Phi) is 4.22. The summed E-state index contributed by atoms with van der Waals surface area (Å²) in [5.74, 6) is 0.767. The van der Waals surface area contributed by atoms with E-state index < -0.39 is 0 Å². The third-order valence-corrected chi connectivity index (χ3v) is 4.06. The Morgan fingerprint density at radius 3 is 2.39 bits per heavy atom. The first-order valence-electron chi connectivity index (χ1n) is 7.47. The highest BCUT2D eigenvalue weighted by Crippen LogP contribution is 2.40. The first-order valence-corrected chi connectivity index (χ1v) is 8.23. The lowest BCUT2D eigenvalue weighted by molar-refractivity contribution is 0.631. The second-order valence-corrected chi connectivity index (χ2v) is 7.37. The van der Waals surface area contributed by atoms with Crippen molar-refractivity contribution in [3.8, 4) is 11.1 Å². The molecule has 0 bridgehead atoms. The predicted molar refractivity (Wildman–Crippen MR) is 101 cm³/mol. The van der Waals surface area contributed by atoms with Gasteiger partial charge in [0.15, 0.2) is 0 Å². The van der Waals surface area contributed by atoms with E-state index in [2.05, 4.69) is 26.1 Å². The molecule has 3 aromatic rings. The first-order chi connectivity index (χ1) is 10.8. The molecule has 1 aromatic heterocycles. The molecule has 0 spiro atoms. The second-order valence-electron chi connectivity index (χ2n) is 6.55. The molecule has 0 atom stereocenters. The van der Waals surface area contributed by atoms with Crippen LogP contribution in [0.15, 0.2) is 48.5 Å². The van der Waals surface area contributed by atoms with Crippen molar-refractivity contribution in [1.82, 2.24) is 4.98 Å². The van der Waals surface area contributed by atoms with Crippen molar-refractivity contribution in [2.75, 3.05) is 5.32 Å². The van der Waals surface area contributed by atoms with Crippen molar-refractivity contribution in [2.24, 2.45) is 0 Å². The van der Waals surface area contributed by atoms with Crippen LogP contribution >= 0.6 is 23.2 Å². The SMILES string of the molecule is CC(C)(C)Nc1nc2ccccc2c(Cl)c1-c1cccc(Cl)c1. The maximum absolute atomic E-state index is 6.74. The van der Waals surface area contributed by atoms with Gasteiger partial charge in [-0.3, -0.25) is 0 Å². The second kappa shape index (κ2) is 6.03. The molecule has 3 rings (SSSR count). The molecule has 0 saturated heterocycles. The van der Waals surface area contributed by atoms with Crippen molar-refractivity contribution in [1.29, 1.82) is 0 Å². The minimum absolute atomic E-state index is 0.133. The first kappa shape index (κ1) is 16.1. The number of aromatic nitrogens is 1. The number of hydrogen-bond acceptors (Lipinski definition) is 2. The number of pyridine rings is 1. The predicted octanol–water partition coefficient (Wildman–Crippen LogP) is 6.42. The lowest BCUT2D eigenvalue weighted by Crippen LogP contribution is -2.27. The standard InChI is InChI=1S/C19H18Cl2N2/c1-19(2,3)23-18-16(12-7-6-8-13(20)11-12)17(21)14-9-4-5-10-15(14)22-18/h4-11H,1-3H3,(H,22,23). The van der Waals surface area contributed by atoms with Gasteiger partial charge < -0.3 is 5.32 Å². The molecular formula is C19H18Cl2N2. The molecule has 4 heteroatoms. The molecule has 2 aromatic carbocycles. The smallest absolute Gasteiger partial charge is 0.136 e. The molecule has 23 heavy (non-hydrogen) atoms. The highest BCUT2D eigenvalue weighted by atomic mass is 35.5. The molecule has 0 unspecified atom stereocenters. The molecule has 0 aliphatic heterocycles. The van der Waals surface area contributed by atoms with Gasteiger partial charge in [-0.2, -0.15) is 0 Å². The highest BCUT2D eigenvalue weighted by molar-refractivity contribution is 6.39. The Bertz CT molecular complexity index is 867. The monoisotopic (exact) mass is 344 g/mol. The molecular weight excluding hydrogens is 327 g/mol. The Hall–Kier alpha value is -1.77. The topological polar surface area (TPSA) is 24.9 Å². The summed E-state index contributed by atoms with van der Waals surface area (Å²) in [5, 5.41) is 5.76. The van der Waals surface area contributed by atoms with E-state index in [-0.39, 0.29) is 5.54 Å². The zero-order chi connectivity index (χ0) is 16.6. The molecule has 0 aliphatic rings. The number of rotatable bonds is 2. The molecule has 1 N–H and O–H groups in total. The van der Waals surface area contributed by atoms with E-state index in [9.17, 15) is 0 Å². The number of para-hydroxylation sites is 1. The molecule has 118 valence electrons. The Balaban J connectivity index is 2.32. The van der Waals surface area contributed by atoms with Crippen LogP contribution in [-0.4, -0.2) is 10.5 Å². The van der Waals surface area contributed by atoms with Gasteiger partial charge in [-0.15, -0.1) is 0 Å². The van der Waals surface area contributed by atoms with Crippen LogP contribution in [0.3, 0.4) is 0 Å². The van der Waals surface area contributed by atoms with Crippen LogP contribution in [0.2, 0.25) is 10.0 Å². The molecule has 1 heterocycles. The van der Waals surface area contributed by atoms with Crippen LogP contribution in [0, 0.1) is 0 Å². The minimum atomic E-state index is -0.133. The normalized spacial score (nSPS) is 11.7. The average Bonchev–Trinajstić information content (AvgIpc) is 2.46. The van der Waals surface area contributed by atoms with Crippen LogP contribution in [0.1, 0.15) is 20.8 Å². The van der Waals surface area contributed by atoms with Gasteiger partial charge in [0.25, 0.3) is 0 Å². The van der Waals surface area contributed by atoms with Crippen molar-refractivity contribution in [2.45, 2.75) is 26.3 Å². The van der Waals surface area contributed by atoms with E-state index in [4.69, 9.17) is 28.2 Å². The highest BCUT2D eigenvalue weighted by Gasteiger charge is 2.19. The zero-order valence-corrected chi connectivity index (χ0v) is 14.8. The van der Waals surface area contributed by atoms with E-state index >= 15 is 0 Å². The molecule has 0 saturated carbocycles. The fourth-order valence-corrected chi connectivity index (χ4v) is 3.07. The molecule has 0 fully saturated rings. The molecule has 2 nitrogen and oxygen atoms in total. The summed E-state index contributed by atoms with van der Waals surface area (Å²) in [7, 11) is 0. The van der Waals surface area contributed by atoms with Gasteiger partial charge in [-0.1, -0.05) is 53.5 Å². The number of fused-ring (bicyclic) bond motifs is 1. The lowest BCUT2D eigenvalue weighted by Gasteiger charge is -2.24. The lowest BCUT2D eigenvalue weighted by atomic mass is 10.0. The molecule has 0 radical (unpaired) electrons. The van der Waals surface area contributed by atoms with Gasteiger partial charge in [0.1, 0.15) is 5.82 Å². The van der Waals surface area contributed by atoms with Gasteiger partial charge >= 0.3 is 0 Å². The summed E-state index contributed by atoms with van der Waals surface area (Å²) in [6.45, 7) is 6.29. The van der Waals surface area contributed by atoms with Gasteiger partial charge in [0, 0.05) is 21.5 Å². The summed E-state index contributed by atoms with van der Waals surface area (Å²) >= 11 is 12.9. The summed E-state index contributed by atoms with van der Waals surface area (Å²) in [6.07, 6.45) is 0. The van der Waals surface area contributed by atoms with E-state index in [0.29, 0.717) is 10.0 Å². The third-order valence-electron chi connectivity index (χ3n) is 3.44. The number of benzene rings is 2.